The summed E-state index contributed by atoms with van der Waals surface area (Å²) in [7, 11) is 0. The van der Waals surface area contributed by atoms with Gasteiger partial charge in [0.25, 0.3) is 0 Å². The fraction of sp³-hybridized carbons (Fsp3) is 0.409. The van der Waals surface area contributed by atoms with E-state index in [1.807, 2.05) is 35.2 Å². The predicted octanol–water partition coefficient (Wildman–Crippen LogP) is 3.18. The minimum atomic E-state index is 0.236. The first-order chi connectivity index (χ1) is 12.8. The molecule has 0 bridgehead atoms. The molecule has 2 fully saturated rings. The highest BCUT2D eigenvalue weighted by Gasteiger charge is 2.21. The molecular weight excluding hydrogens is 322 g/mol. The Morgan fingerprint density at radius 1 is 0.692 bits per heavy atom. The first-order valence-electron chi connectivity index (χ1n) is 9.71. The fourth-order valence-electron chi connectivity index (χ4n) is 3.95. The van der Waals surface area contributed by atoms with Crippen LogP contribution in [0, 0.1) is 0 Å². The van der Waals surface area contributed by atoms with E-state index in [1.54, 1.807) is 0 Å². The first kappa shape index (κ1) is 17.0. The van der Waals surface area contributed by atoms with Gasteiger partial charge in [0.15, 0.2) is 0 Å². The number of nitrogens with zero attached hydrogens (tertiary/aromatic N) is 3. The maximum absolute atomic E-state index is 12.5. The van der Waals surface area contributed by atoms with Gasteiger partial charge in [-0.25, -0.2) is 0 Å². The second-order valence-corrected chi connectivity index (χ2v) is 7.24. The third kappa shape index (κ3) is 3.85. The van der Waals surface area contributed by atoms with Crippen molar-refractivity contribution in [1.82, 2.24) is 4.90 Å². The largest absolute Gasteiger partial charge is 0.372 e. The van der Waals surface area contributed by atoms with Gasteiger partial charge in [-0.3, -0.25) is 4.79 Å². The van der Waals surface area contributed by atoms with Gasteiger partial charge < -0.3 is 14.7 Å². The number of carbonyl (C=O) groups excluding carboxylic acids is 1. The maximum atomic E-state index is 12.5. The second kappa shape index (κ2) is 7.81. The van der Waals surface area contributed by atoms with Gasteiger partial charge in [0.05, 0.1) is 6.42 Å². The van der Waals surface area contributed by atoms with E-state index in [0.717, 1.165) is 31.7 Å². The molecule has 4 heteroatoms. The monoisotopic (exact) mass is 349 g/mol. The van der Waals surface area contributed by atoms with Crippen LogP contribution in [0.4, 0.5) is 11.4 Å². The molecule has 0 saturated carbocycles. The van der Waals surface area contributed by atoms with Gasteiger partial charge in [0, 0.05) is 50.6 Å². The van der Waals surface area contributed by atoms with Crippen molar-refractivity contribution in [3.05, 3.63) is 60.2 Å². The van der Waals surface area contributed by atoms with Crippen molar-refractivity contribution < 1.29 is 4.79 Å². The summed E-state index contributed by atoms with van der Waals surface area (Å²) >= 11 is 0. The van der Waals surface area contributed by atoms with E-state index in [0.29, 0.717) is 6.42 Å². The third-order valence-corrected chi connectivity index (χ3v) is 5.52. The summed E-state index contributed by atoms with van der Waals surface area (Å²) in [5.41, 5.74) is 3.70. The normalized spacial score (nSPS) is 17.6. The summed E-state index contributed by atoms with van der Waals surface area (Å²) in [5, 5.41) is 0. The number of benzene rings is 2. The Morgan fingerprint density at radius 2 is 1.23 bits per heavy atom. The fourth-order valence-corrected chi connectivity index (χ4v) is 3.95. The Hall–Kier alpha value is -2.49. The van der Waals surface area contributed by atoms with Gasteiger partial charge in [-0.2, -0.15) is 0 Å². The Balaban J connectivity index is 1.31. The van der Waals surface area contributed by atoms with Crippen molar-refractivity contribution in [2.24, 2.45) is 0 Å². The van der Waals surface area contributed by atoms with Crippen LogP contribution in [0.3, 0.4) is 0 Å². The summed E-state index contributed by atoms with van der Waals surface area (Å²) in [6.45, 7) is 5.79. The van der Waals surface area contributed by atoms with E-state index >= 15 is 0 Å². The van der Waals surface area contributed by atoms with Crippen molar-refractivity contribution in [3.63, 3.8) is 0 Å². The Morgan fingerprint density at radius 3 is 1.81 bits per heavy atom. The smallest absolute Gasteiger partial charge is 0.227 e. The first-order valence-corrected chi connectivity index (χ1v) is 9.71. The quantitative estimate of drug-likeness (QED) is 0.848. The lowest BCUT2D eigenvalue weighted by atomic mass is 10.1. The van der Waals surface area contributed by atoms with Crippen molar-refractivity contribution in [1.29, 1.82) is 0 Å². The summed E-state index contributed by atoms with van der Waals surface area (Å²) in [4.78, 5) is 19.4. The predicted molar refractivity (Wildman–Crippen MR) is 107 cm³/mol. The molecule has 0 unspecified atom stereocenters. The van der Waals surface area contributed by atoms with Gasteiger partial charge in [-0.05, 0) is 42.7 Å². The lowest BCUT2D eigenvalue weighted by Gasteiger charge is -2.36. The molecule has 0 radical (unpaired) electrons. The molecule has 2 saturated heterocycles. The molecule has 0 aliphatic carbocycles. The molecule has 136 valence electrons. The standard InChI is InChI=1S/C22H27N3O/c26-22(18-19-6-2-1-3-7-19)25-16-14-24(15-17-25)21-10-8-20(9-11-21)23-12-4-5-13-23/h1-3,6-11H,4-5,12-18H2. The van der Waals surface area contributed by atoms with Gasteiger partial charge in [0.2, 0.25) is 5.91 Å². The van der Waals surface area contributed by atoms with E-state index in [1.165, 1.54) is 37.3 Å². The van der Waals surface area contributed by atoms with E-state index < -0.39 is 0 Å². The molecule has 4 nitrogen and oxygen atoms in total. The molecule has 2 aliphatic rings. The summed E-state index contributed by atoms with van der Waals surface area (Å²) in [6, 6.07) is 19.0. The van der Waals surface area contributed by atoms with Crippen LogP contribution in [-0.4, -0.2) is 50.1 Å². The summed E-state index contributed by atoms with van der Waals surface area (Å²) in [6.07, 6.45) is 3.12. The third-order valence-electron chi connectivity index (χ3n) is 5.52. The van der Waals surface area contributed by atoms with E-state index in [9.17, 15) is 4.79 Å². The molecule has 0 spiro atoms. The van der Waals surface area contributed by atoms with Crippen LogP contribution in [0.1, 0.15) is 18.4 Å². The molecule has 2 aromatic rings. The Labute approximate surface area is 156 Å². The summed E-state index contributed by atoms with van der Waals surface area (Å²) < 4.78 is 0. The van der Waals surface area contributed by atoms with Gasteiger partial charge in [-0.1, -0.05) is 30.3 Å². The van der Waals surface area contributed by atoms with Crippen molar-refractivity contribution >= 4 is 17.3 Å². The van der Waals surface area contributed by atoms with Crippen LogP contribution < -0.4 is 9.80 Å². The zero-order chi connectivity index (χ0) is 17.8. The molecule has 0 atom stereocenters. The number of hydrogen-bond acceptors (Lipinski definition) is 3. The summed E-state index contributed by atoms with van der Waals surface area (Å²) in [5.74, 6) is 0.236. The number of anilines is 2. The second-order valence-electron chi connectivity index (χ2n) is 7.24. The number of carbonyl (C=O) groups is 1. The number of rotatable bonds is 4. The van der Waals surface area contributed by atoms with E-state index in [2.05, 4.69) is 34.1 Å². The molecule has 26 heavy (non-hydrogen) atoms. The van der Waals surface area contributed by atoms with Gasteiger partial charge in [-0.15, -0.1) is 0 Å². The van der Waals surface area contributed by atoms with Gasteiger partial charge in [0.1, 0.15) is 0 Å². The van der Waals surface area contributed by atoms with Crippen molar-refractivity contribution in [3.8, 4) is 0 Å². The molecule has 2 aliphatic heterocycles. The molecular formula is C22H27N3O. The highest BCUT2D eigenvalue weighted by atomic mass is 16.2. The lowest BCUT2D eigenvalue weighted by Crippen LogP contribution is -2.49. The highest BCUT2D eigenvalue weighted by molar-refractivity contribution is 5.79. The van der Waals surface area contributed by atoms with E-state index in [4.69, 9.17) is 0 Å². The number of amides is 1. The van der Waals surface area contributed by atoms with Gasteiger partial charge >= 0.3 is 0 Å². The molecule has 4 rings (SSSR count). The molecule has 0 N–H and O–H groups in total. The average Bonchev–Trinajstić information content (AvgIpc) is 3.24. The number of hydrogen-bond donors (Lipinski definition) is 0. The van der Waals surface area contributed by atoms with Crippen molar-refractivity contribution in [2.75, 3.05) is 49.1 Å². The topological polar surface area (TPSA) is 26.8 Å². The molecule has 2 heterocycles. The van der Waals surface area contributed by atoms with Crippen LogP contribution in [0.15, 0.2) is 54.6 Å². The zero-order valence-electron chi connectivity index (χ0n) is 15.3. The van der Waals surface area contributed by atoms with Crippen LogP contribution >= 0.6 is 0 Å². The minimum Gasteiger partial charge on any atom is -0.372 e. The minimum absolute atomic E-state index is 0.236. The van der Waals surface area contributed by atoms with Crippen LogP contribution in [-0.2, 0) is 11.2 Å². The van der Waals surface area contributed by atoms with Crippen LogP contribution in [0.2, 0.25) is 0 Å². The molecule has 2 aromatic carbocycles. The lowest BCUT2D eigenvalue weighted by molar-refractivity contribution is -0.130. The maximum Gasteiger partial charge on any atom is 0.227 e. The van der Waals surface area contributed by atoms with Crippen molar-refractivity contribution in [2.45, 2.75) is 19.3 Å². The van der Waals surface area contributed by atoms with Crippen LogP contribution in [0.5, 0.6) is 0 Å². The highest BCUT2D eigenvalue weighted by Crippen LogP contribution is 2.24. The zero-order valence-corrected chi connectivity index (χ0v) is 15.3. The Kier molecular flexibility index (Phi) is 5.09. The Bertz CT molecular complexity index is 715. The van der Waals surface area contributed by atoms with E-state index in [-0.39, 0.29) is 5.91 Å². The average molecular weight is 349 g/mol. The molecule has 1 amide bonds. The number of piperazine rings is 1. The SMILES string of the molecule is O=C(Cc1ccccc1)N1CCN(c2ccc(N3CCCC3)cc2)CC1. The molecule has 0 aromatic heterocycles. The van der Waals surface area contributed by atoms with Crippen LogP contribution in [0.25, 0.3) is 0 Å².